The molecular formula is C11H15F2NO. The van der Waals surface area contributed by atoms with Gasteiger partial charge < -0.3 is 10.5 Å². The Labute approximate surface area is 88.0 Å². The highest BCUT2D eigenvalue weighted by atomic mass is 19.3. The summed E-state index contributed by atoms with van der Waals surface area (Å²) >= 11 is 0. The number of nitrogens with two attached hydrogens (primary N) is 1. The zero-order valence-corrected chi connectivity index (χ0v) is 9.05. The molecule has 0 saturated heterocycles. The van der Waals surface area contributed by atoms with Gasteiger partial charge in [-0.15, -0.1) is 0 Å². The zero-order chi connectivity index (χ0) is 11.6. The van der Waals surface area contributed by atoms with Crippen LogP contribution in [0.4, 0.5) is 8.78 Å². The molecule has 0 heterocycles. The van der Waals surface area contributed by atoms with Crippen LogP contribution in [-0.4, -0.2) is 7.11 Å². The minimum Gasteiger partial charge on any atom is -0.496 e. The lowest BCUT2D eigenvalue weighted by Gasteiger charge is -2.23. The lowest BCUT2D eigenvalue weighted by molar-refractivity contribution is 0.146. The first-order chi connectivity index (χ1) is 6.88. The largest absolute Gasteiger partial charge is 0.496 e. The van der Waals surface area contributed by atoms with Gasteiger partial charge >= 0.3 is 0 Å². The van der Waals surface area contributed by atoms with Crippen molar-refractivity contribution in [3.05, 3.63) is 29.3 Å². The number of ether oxygens (including phenoxy) is 1. The van der Waals surface area contributed by atoms with E-state index >= 15 is 0 Å². The van der Waals surface area contributed by atoms with E-state index in [0.717, 1.165) is 0 Å². The zero-order valence-electron chi connectivity index (χ0n) is 9.05. The third-order valence-corrected chi connectivity index (χ3v) is 2.18. The fourth-order valence-corrected chi connectivity index (χ4v) is 1.46. The third kappa shape index (κ3) is 2.45. The van der Waals surface area contributed by atoms with Crippen molar-refractivity contribution in [2.24, 2.45) is 5.73 Å². The monoisotopic (exact) mass is 215 g/mol. The summed E-state index contributed by atoms with van der Waals surface area (Å²) in [6.45, 7) is 3.50. The van der Waals surface area contributed by atoms with E-state index in [1.54, 1.807) is 26.0 Å². The molecule has 0 bridgehead atoms. The second-order valence-electron chi connectivity index (χ2n) is 3.95. The number of hydrogen-bond acceptors (Lipinski definition) is 2. The lowest BCUT2D eigenvalue weighted by Crippen LogP contribution is -2.29. The number of alkyl halides is 2. The second kappa shape index (κ2) is 4.14. The van der Waals surface area contributed by atoms with E-state index in [9.17, 15) is 8.78 Å². The molecule has 2 nitrogen and oxygen atoms in total. The Kier molecular flexibility index (Phi) is 3.29. The molecule has 84 valence electrons. The number of para-hydroxylation sites is 1. The molecule has 0 aliphatic carbocycles. The number of hydrogen-bond donors (Lipinski definition) is 1. The average molecular weight is 215 g/mol. The van der Waals surface area contributed by atoms with Gasteiger partial charge in [0.2, 0.25) is 0 Å². The van der Waals surface area contributed by atoms with E-state index in [0.29, 0.717) is 5.56 Å². The van der Waals surface area contributed by atoms with E-state index in [1.165, 1.54) is 13.2 Å². The van der Waals surface area contributed by atoms with Crippen molar-refractivity contribution in [1.29, 1.82) is 0 Å². The van der Waals surface area contributed by atoms with Gasteiger partial charge in [0.05, 0.1) is 12.7 Å². The van der Waals surface area contributed by atoms with Gasteiger partial charge in [0, 0.05) is 11.1 Å². The topological polar surface area (TPSA) is 35.2 Å². The molecule has 0 aliphatic rings. The molecule has 1 rings (SSSR count). The van der Waals surface area contributed by atoms with E-state index in [2.05, 4.69) is 0 Å². The van der Waals surface area contributed by atoms with Crippen LogP contribution in [0.5, 0.6) is 5.75 Å². The van der Waals surface area contributed by atoms with E-state index < -0.39 is 12.0 Å². The Morgan fingerprint density at radius 3 is 2.33 bits per heavy atom. The van der Waals surface area contributed by atoms with Crippen molar-refractivity contribution in [3.8, 4) is 5.75 Å². The van der Waals surface area contributed by atoms with Crippen LogP contribution in [0.2, 0.25) is 0 Å². The van der Waals surface area contributed by atoms with Crippen LogP contribution >= 0.6 is 0 Å². The predicted molar refractivity (Wildman–Crippen MR) is 55.2 cm³/mol. The molecule has 15 heavy (non-hydrogen) atoms. The lowest BCUT2D eigenvalue weighted by atomic mass is 9.93. The maximum atomic E-state index is 12.7. The van der Waals surface area contributed by atoms with Gasteiger partial charge in [-0.1, -0.05) is 12.1 Å². The Morgan fingerprint density at radius 2 is 1.93 bits per heavy atom. The number of halogens is 2. The Balaban J connectivity index is 3.35. The number of benzene rings is 1. The molecule has 0 aromatic heterocycles. The fraction of sp³-hybridized carbons (Fsp3) is 0.455. The van der Waals surface area contributed by atoms with Crippen LogP contribution in [0.1, 0.15) is 31.4 Å². The highest BCUT2D eigenvalue weighted by Crippen LogP contribution is 2.36. The summed E-state index contributed by atoms with van der Waals surface area (Å²) in [5.41, 5.74) is 5.65. The molecular weight excluding hydrogens is 200 g/mol. The molecule has 1 aromatic carbocycles. The minimum absolute atomic E-state index is 0.117. The first kappa shape index (κ1) is 11.9. The summed E-state index contributed by atoms with van der Waals surface area (Å²) in [6, 6.07) is 4.61. The highest BCUT2D eigenvalue weighted by Gasteiger charge is 2.24. The average Bonchev–Trinajstić information content (AvgIpc) is 2.15. The normalized spacial score (nSPS) is 11.9. The molecule has 0 atom stereocenters. The van der Waals surface area contributed by atoms with Gasteiger partial charge in [0.15, 0.2) is 0 Å². The molecule has 4 heteroatoms. The minimum atomic E-state index is -2.55. The predicted octanol–water partition coefficient (Wildman–Crippen LogP) is 2.83. The van der Waals surface area contributed by atoms with Gasteiger partial charge in [0.25, 0.3) is 6.43 Å². The molecule has 1 aromatic rings. The molecule has 0 radical (unpaired) electrons. The number of methoxy groups -OCH3 is 1. The summed E-state index contributed by atoms with van der Waals surface area (Å²) in [7, 11) is 1.37. The summed E-state index contributed by atoms with van der Waals surface area (Å²) in [5.74, 6) is 0.181. The van der Waals surface area contributed by atoms with Crippen LogP contribution in [0.25, 0.3) is 0 Å². The fourth-order valence-electron chi connectivity index (χ4n) is 1.46. The van der Waals surface area contributed by atoms with Crippen LogP contribution in [-0.2, 0) is 5.54 Å². The Morgan fingerprint density at radius 1 is 1.33 bits per heavy atom. The summed E-state index contributed by atoms with van der Waals surface area (Å²) in [5, 5.41) is 0. The maximum absolute atomic E-state index is 12.7. The molecule has 2 N–H and O–H groups in total. The first-order valence-electron chi connectivity index (χ1n) is 4.62. The Hall–Kier alpha value is -1.16. The van der Waals surface area contributed by atoms with Crippen molar-refractivity contribution >= 4 is 0 Å². The van der Waals surface area contributed by atoms with Gasteiger partial charge in [-0.25, -0.2) is 8.78 Å². The van der Waals surface area contributed by atoms with Gasteiger partial charge in [-0.3, -0.25) is 0 Å². The number of rotatable bonds is 3. The highest BCUT2D eigenvalue weighted by molar-refractivity contribution is 5.45. The summed E-state index contributed by atoms with van der Waals surface area (Å²) < 4.78 is 30.3. The molecule has 0 amide bonds. The third-order valence-electron chi connectivity index (χ3n) is 2.18. The van der Waals surface area contributed by atoms with Crippen LogP contribution in [0.15, 0.2) is 18.2 Å². The van der Waals surface area contributed by atoms with Gasteiger partial charge in [0.1, 0.15) is 5.75 Å². The summed E-state index contributed by atoms with van der Waals surface area (Å²) in [6.07, 6.45) is -2.55. The first-order valence-corrected chi connectivity index (χ1v) is 4.62. The summed E-state index contributed by atoms with van der Waals surface area (Å²) in [4.78, 5) is 0. The molecule has 0 fully saturated rings. The molecule has 0 spiro atoms. The SMILES string of the molecule is COc1c(C(F)F)cccc1C(C)(C)N. The van der Waals surface area contributed by atoms with Crippen LogP contribution < -0.4 is 10.5 Å². The second-order valence-corrected chi connectivity index (χ2v) is 3.95. The van der Waals surface area contributed by atoms with E-state index in [-0.39, 0.29) is 11.3 Å². The standard InChI is InChI=1S/C11H15F2NO/c1-11(2,14)8-6-4-5-7(10(12)13)9(8)15-3/h4-6,10H,14H2,1-3H3. The Bertz CT molecular complexity index is 345. The molecule has 0 unspecified atom stereocenters. The van der Waals surface area contributed by atoms with Crippen molar-refractivity contribution < 1.29 is 13.5 Å². The van der Waals surface area contributed by atoms with E-state index in [4.69, 9.17) is 10.5 Å². The van der Waals surface area contributed by atoms with Gasteiger partial charge in [-0.2, -0.15) is 0 Å². The maximum Gasteiger partial charge on any atom is 0.267 e. The molecule has 0 aliphatic heterocycles. The van der Waals surface area contributed by atoms with Crippen molar-refractivity contribution in [2.45, 2.75) is 25.8 Å². The van der Waals surface area contributed by atoms with Crippen molar-refractivity contribution in [2.75, 3.05) is 7.11 Å². The van der Waals surface area contributed by atoms with Crippen LogP contribution in [0.3, 0.4) is 0 Å². The van der Waals surface area contributed by atoms with Crippen molar-refractivity contribution in [1.82, 2.24) is 0 Å². The van der Waals surface area contributed by atoms with Gasteiger partial charge in [-0.05, 0) is 19.9 Å². The van der Waals surface area contributed by atoms with Crippen molar-refractivity contribution in [3.63, 3.8) is 0 Å². The smallest absolute Gasteiger partial charge is 0.267 e. The molecule has 0 saturated carbocycles. The van der Waals surface area contributed by atoms with E-state index in [1.807, 2.05) is 0 Å². The quantitative estimate of drug-likeness (QED) is 0.841. The van der Waals surface area contributed by atoms with Crippen LogP contribution in [0, 0.1) is 0 Å².